The average molecular weight is 282 g/mol. The molecule has 0 bridgehead atoms. The highest BCUT2D eigenvalue weighted by molar-refractivity contribution is 6.09. The van der Waals surface area contributed by atoms with Crippen LogP contribution in [0.1, 0.15) is 32.6 Å². The van der Waals surface area contributed by atoms with Crippen LogP contribution in [0.5, 0.6) is 0 Å². The van der Waals surface area contributed by atoms with Crippen molar-refractivity contribution in [2.75, 3.05) is 20.1 Å². The van der Waals surface area contributed by atoms with Crippen LogP contribution in [-0.2, 0) is 9.59 Å². The van der Waals surface area contributed by atoms with Crippen molar-refractivity contribution >= 4 is 17.8 Å². The highest BCUT2D eigenvalue weighted by Crippen LogP contribution is 2.34. The third kappa shape index (κ3) is 2.37. The van der Waals surface area contributed by atoms with Gasteiger partial charge in [0.2, 0.25) is 5.91 Å². The highest BCUT2D eigenvalue weighted by atomic mass is 16.2. The molecule has 1 atom stereocenters. The second-order valence-corrected chi connectivity index (χ2v) is 5.70. The van der Waals surface area contributed by atoms with Crippen molar-refractivity contribution in [2.45, 2.75) is 44.2 Å². The van der Waals surface area contributed by atoms with Crippen LogP contribution in [0, 0.1) is 0 Å². The van der Waals surface area contributed by atoms with Gasteiger partial charge in [0.1, 0.15) is 12.1 Å². The van der Waals surface area contributed by atoms with E-state index in [0.717, 1.165) is 17.7 Å². The van der Waals surface area contributed by atoms with Crippen molar-refractivity contribution in [2.24, 2.45) is 5.73 Å². The van der Waals surface area contributed by atoms with Gasteiger partial charge in [-0.15, -0.1) is 0 Å². The number of carbonyl (C=O) groups is 3. The summed E-state index contributed by atoms with van der Waals surface area (Å²) in [5.41, 5.74) is 4.76. The van der Waals surface area contributed by atoms with Gasteiger partial charge >= 0.3 is 6.03 Å². The molecule has 4 amide bonds. The summed E-state index contributed by atoms with van der Waals surface area (Å²) in [7, 11) is 1.63. The first-order valence-electron chi connectivity index (χ1n) is 7.01. The number of likely N-dealkylation sites (N-methyl/N-ethyl adjacent to an activating group) is 1. The van der Waals surface area contributed by atoms with Gasteiger partial charge in [-0.1, -0.05) is 12.8 Å². The Hall–Kier alpha value is -1.63. The molecule has 7 nitrogen and oxygen atoms in total. The lowest BCUT2D eigenvalue weighted by Crippen LogP contribution is -2.47. The van der Waals surface area contributed by atoms with Gasteiger partial charge in [-0.05, 0) is 19.8 Å². The van der Waals surface area contributed by atoms with E-state index in [1.807, 2.05) is 6.92 Å². The van der Waals surface area contributed by atoms with Crippen LogP contribution in [0.3, 0.4) is 0 Å². The third-order valence-electron chi connectivity index (χ3n) is 4.39. The van der Waals surface area contributed by atoms with Crippen molar-refractivity contribution in [1.29, 1.82) is 0 Å². The van der Waals surface area contributed by atoms with Gasteiger partial charge < -0.3 is 16.0 Å². The van der Waals surface area contributed by atoms with Crippen LogP contribution in [-0.4, -0.2) is 59.4 Å². The van der Waals surface area contributed by atoms with E-state index in [4.69, 9.17) is 5.73 Å². The van der Waals surface area contributed by atoms with Crippen molar-refractivity contribution < 1.29 is 14.4 Å². The van der Waals surface area contributed by atoms with E-state index in [1.54, 1.807) is 7.05 Å². The summed E-state index contributed by atoms with van der Waals surface area (Å²) in [6.07, 6.45) is 3.18. The molecule has 112 valence electrons. The first-order chi connectivity index (χ1) is 9.41. The molecule has 1 heterocycles. The number of amides is 4. The Balaban J connectivity index is 2.04. The zero-order chi connectivity index (χ0) is 14.9. The van der Waals surface area contributed by atoms with Gasteiger partial charge in [0.25, 0.3) is 5.91 Å². The number of nitrogens with zero attached hydrogens (tertiary/aromatic N) is 2. The lowest BCUT2D eigenvalue weighted by atomic mass is 9.98. The molecule has 0 aromatic carbocycles. The zero-order valence-electron chi connectivity index (χ0n) is 12.0. The molecule has 1 unspecified atom stereocenters. The number of hydrogen-bond donors (Lipinski definition) is 2. The molecule has 0 aromatic heterocycles. The molecule has 3 N–H and O–H groups in total. The van der Waals surface area contributed by atoms with Gasteiger partial charge in [-0.25, -0.2) is 4.79 Å². The average Bonchev–Trinajstić information content (AvgIpc) is 2.98. The summed E-state index contributed by atoms with van der Waals surface area (Å²) in [5, 5.41) is 2.76. The van der Waals surface area contributed by atoms with Crippen LogP contribution in [0.4, 0.5) is 4.79 Å². The van der Waals surface area contributed by atoms with E-state index in [9.17, 15) is 14.4 Å². The number of rotatable bonds is 4. The molecular formula is C13H22N4O3. The molecule has 2 fully saturated rings. The summed E-state index contributed by atoms with van der Waals surface area (Å²) in [4.78, 5) is 38.9. The lowest BCUT2D eigenvalue weighted by molar-refractivity contribution is -0.139. The predicted octanol–water partition coefficient (Wildman–Crippen LogP) is -0.343. The molecule has 1 saturated carbocycles. The molecule has 1 spiro atoms. The van der Waals surface area contributed by atoms with Crippen LogP contribution < -0.4 is 11.1 Å². The Kier molecular flexibility index (Phi) is 3.99. The molecule has 0 radical (unpaired) electrons. The molecule has 7 heteroatoms. The second kappa shape index (κ2) is 5.40. The summed E-state index contributed by atoms with van der Waals surface area (Å²) >= 11 is 0. The van der Waals surface area contributed by atoms with Gasteiger partial charge in [0, 0.05) is 19.6 Å². The fourth-order valence-electron chi connectivity index (χ4n) is 2.79. The molecule has 2 rings (SSSR count). The minimum atomic E-state index is -0.755. The monoisotopic (exact) mass is 282 g/mol. The van der Waals surface area contributed by atoms with Crippen LogP contribution in [0.25, 0.3) is 0 Å². The van der Waals surface area contributed by atoms with E-state index in [2.05, 4.69) is 5.32 Å². The van der Waals surface area contributed by atoms with E-state index >= 15 is 0 Å². The molecule has 1 aliphatic heterocycles. The first-order valence-corrected chi connectivity index (χ1v) is 7.01. The highest BCUT2D eigenvalue weighted by Gasteiger charge is 2.52. The Morgan fingerprint density at radius 3 is 2.60 bits per heavy atom. The fourth-order valence-corrected chi connectivity index (χ4v) is 2.79. The number of carbonyl (C=O) groups excluding carboxylic acids is 3. The first kappa shape index (κ1) is 14.8. The van der Waals surface area contributed by atoms with Gasteiger partial charge in [0.05, 0.1) is 0 Å². The minimum Gasteiger partial charge on any atom is -0.340 e. The Labute approximate surface area is 118 Å². The standard InChI is InChI=1S/C13H22N4O3/c1-9(7-14)16(2)10(18)8-17-11(19)13(15-12(17)20)5-3-4-6-13/h9H,3-8,14H2,1-2H3,(H,15,20). The maximum Gasteiger partial charge on any atom is 0.325 e. The summed E-state index contributed by atoms with van der Waals surface area (Å²) in [5.74, 6) is -0.538. The Bertz CT molecular complexity index is 431. The van der Waals surface area contributed by atoms with Crippen molar-refractivity contribution in [1.82, 2.24) is 15.1 Å². The van der Waals surface area contributed by atoms with Crippen LogP contribution >= 0.6 is 0 Å². The molecule has 0 aromatic rings. The van der Waals surface area contributed by atoms with Crippen molar-refractivity contribution in [3.63, 3.8) is 0 Å². The smallest absolute Gasteiger partial charge is 0.325 e. The SMILES string of the molecule is CC(CN)N(C)C(=O)CN1C(=O)NC2(CCCC2)C1=O. The minimum absolute atomic E-state index is 0.122. The number of nitrogens with one attached hydrogen (secondary N) is 1. The van der Waals surface area contributed by atoms with Crippen molar-refractivity contribution in [3.05, 3.63) is 0 Å². The van der Waals surface area contributed by atoms with Crippen LogP contribution in [0.2, 0.25) is 0 Å². The zero-order valence-corrected chi connectivity index (χ0v) is 12.0. The van der Waals surface area contributed by atoms with Gasteiger partial charge in [0.15, 0.2) is 0 Å². The topological polar surface area (TPSA) is 95.7 Å². The fraction of sp³-hybridized carbons (Fsp3) is 0.769. The maximum atomic E-state index is 12.4. The lowest BCUT2D eigenvalue weighted by Gasteiger charge is -2.25. The molecular weight excluding hydrogens is 260 g/mol. The molecule has 2 aliphatic rings. The number of urea groups is 1. The summed E-state index contributed by atoms with van der Waals surface area (Å²) in [6.45, 7) is 1.95. The van der Waals surface area contributed by atoms with Crippen molar-refractivity contribution in [3.8, 4) is 0 Å². The largest absolute Gasteiger partial charge is 0.340 e. The summed E-state index contributed by atoms with van der Waals surface area (Å²) < 4.78 is 0. The number of hydrogen-bond acceptors (Lipinski definition) is 4. The number of imide groups is 1. The Morgan fingerprint density at radius 1 is 1.45 bits per heavy atom. The van der Waals surface area contributed by atoms with Gasteiger partial charge in [-0.3, -0.25) is 14.5 Å². The maximum absolute atomic E-state index is 12.4. The van der Waals surface area contributed by atoms with E-state index in [-0.39, 0.29) is 24.4 Å². The third-order valence-corrected chi connectivity index (χ3v) is 4.39. The number of nitrogens with two attached hydrogens (primary N) is 1. The predicted molar refractivity (Wildman–Crippen MR) is 72.7 cm³/mol. The van der Waals surface area contributed by atoms with E-state index < -0.39 is 11.6 Å². The Morgan fingerprint density at radius 2 is 2.05 bits per heavy atom. The second-order valence-electron chi connectivity index (χ2n) is 5.70. The molecule has 1 saturated heterocycles. The normalized spacial score (nSPS) is 22.2. The molecule has 20 heavy (non-hydrogen) atoms. The summed E-state index contributed by atoms with van der Waals surface area (Å²) in [6, 6.07) is -0.581. The van der Waals surface area contributed by atoms with Crippen LogP contribution in [0.15, 0.2) is 0 Å². The van der Waals surface area contributed by atoms with Gasteiger partial charge in [-0.2, -0.15) is 0 Å². The molecule has 1 aliphatic carbocycles. The quantitative estimate of drug-likeness (QED) is 0.689. The van der Waals surface area contributed by atoms with E-state index in [1.165, 1.54) is 4.90 Å². The van der Waals surface area contributed by atoms with E-state index in [0.29, 0.717) is 19.4 Å².